The molecule has 0 radical (unpaired) electrons. The van der Waals surface area contributed by atoms with Gasteiger partial charge in [0.2, 0.25) is 35.4 Å². The number of imide groups is 2. The minimum Gasteiger partial charge on any atom is -0.343 e. The predicted molar refractivity (Wildman–Crippen MR) is 229 cm³/mol. The Hall–Kier alpha value is -4.00. The van der Waals surface area contributed by atoms with Crippen LogP contribution in [0.2, 0.25) is 0 Å². The van der Waals surface area contributed by atoms with Gasteiger partial charge in [-0.05, 0) is 48.0 Å². The van der Waals surface area contributed by atoms with Gasteiger partial charge in [-0.1, -0.05) is 49.0 Å². The largest absolute Gasteiger partial charge is 0.343 e. The van der Waals surface area contributed by atoms with Gasteiger partial charge in [-0.15, -0.1) is 0 Å². The van der Waals surface area contributed by atoms with E-state index in [1.165, 1.54) is 21.7 Å². The van der Waals surface area contributed by atoms with Gasteiger partial charge in [-0.25, -0.2) is 0 Å². The smallest absolute Gasteiger partial charge is 0.312 e. The van der Waals surface area contributed by atoms with Gasteiger partial charge in [0.15, 0.2) is 0 Å². The van der Waals surface area contributed by atoms with Gasteiger partial charge in [-0.3, -0.25) is 67.8 Å². The van der Waals surface area contributed by atoms with Crippen LogP contribution in [0.3, 0.4) is 0 Å². The molecule has 5 fully saturated rings. The van der Waals surface area contributed by atoms with E-state index < -0.39 is 5.91 Å². The summed E-state index contributed by atoms with van der Waals surface area (Å²) in [5, 5.41) is 0. The number of carbonyl (C=O) groups excluding carboxylic acids is 8. The Labute approximate surface area is 350 Å². The summed E-state index contributed by atoms with van der Waals surface area (Å²) in [6, 6.07) is 0. The SMILES string of the molecule is C.CC.CC.CCN1C(=O)CN(C)CC1=O.CCN1CC(=O)N(C)C(=O)C1.CCN1CCN(C)C(=O)C1.CCN1CCN(C)C(=O)C1=O.CCN1CCN(C)CC1=O. The molecule has 0 atom stereocenters. The van der Waals surface area contributed by atoms with E-state index in [0.717, 1.165) is 45.8 Å². The van der Waals surface area contributed by atoms with Crippen molar-refractivity contribution in [1.82, 2.24) is 49.0 Å². The lowest BCUT2D eigenvalue weighted by Gasteiger charge is -2.31. The number of hydrogen-bond donors (Lipinski definition) is 0. The first kappa shape index (κ1) is 58.3. The lowest BCUT2D eigenvalue weighted by atomic mass is 10.3. The summed E-state index contributed by atoms with van der Waals surface area (Å²) in [5.41, 5.74) is 0. The molecule has 5 rings (SSSR count). The van der Waals surface area contributed by atoms with Crippen LogP contribution in [0.15, 0.2) is 0 Å². The number of likely N-dealkylation sites (N-methyl/N-ethyl adjacent to an activating group) is 10. The number of rotatable bonds is 5. The number of hydrogen-bond acceptors (Lipinski definition) is 12. The van der Waals surface area contributed by atoms with Crippen molar-refractivity contribution in [2.75, 3.05) is 146 Å². The zero-order valence-electron chi connectivity index (χ0n) is 37.8. The van der Waals surface area contributed by atoms with Crippen LogP contribution in [0.1, 0.15) is 69.7 Å². The van der Waals surface area contributed by atoms with Gasteiger partial charge in [0, 0.05) is 80.0 Å². The van der Waals surface area contributed by atoms with Crippen molar-refractivity contribution in [3.8, 4) is 0 Å². The average molecular weight is 829 g/mol. The Kier molecular flexibility index (Phi) is 32.1. The molecule has 0 bridgehead atoms. The van der Waals surface area contributed by atoms with Crippen molar-refractivity contribution in [2.45, 2.75) is 69.7 Å². The van der Waals surface area contributed by atoms with Crippen molar-refractivity contribution in [3.63, 3.8) is 0 Å². The van der Waals surface area contributed by atoms with Crippen molar-refractivity contribution in [3.05, 3.63) is 0 Å². The molecule has 0 aromatic rings. The van der Waals surface area contributed by atoms with E-state index in [4.69, 9.17) is 0 Å². The zero-order chi connectivity index (χ0) is 44.4. The molecule has 0 N–H and O–H groups in total. The fourth-order valence-corrected chi connectivity index (χ4v) is 5.51. The highest BCUT2D eigenvalue weighted by Crippen LogP contribution is 2.04. The molecule has 338 valence electrons. The summed E-state index contributed by atoms with van der Waals surface area (Å²) in [5.74, 6) is -0.660. The fraction of sp³-hybridized carbons (Fsp3) is 0.800. The zero-order valence-corrected chi connectivity index (χ0v) is 37.8. The first-order valence-electron chi connectivity index (χ1n) is 20.4. The van der Waals surface area contributed by atoms with E-state index in [0.29, 0.717) is 65.4 Å². The third kappa shape index (κ3) is 20.6. The summed E-state index contributed by atoms with van der Waals surface area (Å²) in [7, 11) is 8.77. The Morgan fingerprint density at radius 1 is 0.379 bits per heavy atom. The maximum absolute atomic E-state index is 11.1. The Bertz CT molecular complexity index is 1250. The van der Waals surface area contributed by atoms with E-state index in [-0.39, 0.29) is 48.8 Å². The fourth-order valence-electron chi connectivity index (χ4n) is 5.51. The number of carbonyl (C=O) groups is 8. The van der Waals surface area contributed by atoms with E-state index >= 15 is 0 Å². The van der Waals surface area contributed by atoms with E-state index in [1.54, 1.807) is 35.7 Å². The maximum atomic E-state index is 11.1. The Balaban J connectivity index is -0.000000635. The maximum Gasteiger partial charge on any atom is 0.312 e. The van der Waals surface area contributed by atoms with Gasteiger partial charge in [0.25, 0.3) is 0 Å². The lowest BCUT2D eigenvalue weighted by molar-refractivity contribution is -0.154. The van der Waals surface area contributed by atoms with Crippen LogP contribution in [0.25, 0.3) is 0 Å². The van der Waals surface area contributed by atoms with Crippen LogP contribution in [-0.2, 0) is 38.4 Å². The minimum absolute atomic E-state index is 0. The van der Waals surface area contributed by atoms with Crippen LogP contribution in [0.5, 0.6) is 0 Å². The summed E-state index contributed by atoms with van der Waals surface area (Å²) in [6.07, 6.45) is 0. The van der Waals surface area contributed by atoms with Crippen LogP contribution in [-0.4, -0.2) is 243 Å². The molecule has 8 amide bonds. The van der Waals surface area contributed by atoms with Crippen molar-refractivity contribution < 1.29 is 38.4 Å². The van der Waals surface area contributed by atoms with Gasteiger partial charge >= 0.3 is 11.8 Å². The highest BCUT2D eigenvalue weighted by Gasteiger charge is 2.29. The molecule has 18 nitrogen and oxygen atoms in total. The quantitative estimate of drug-likeness (QED) is 0.273. The van der Waals surface area contributed by atoms with Gasteiger partial charge in [0.05, 0.1) is 39.3 Å². The predicted octanol–water partition coefficient (Wildman–Crippen LogP) is 0.170. The van der Waals surface area contributed by atoms with E-state index in [2.05, 4.69) is 16.7 Å². The van der Waals surface area contributed by atoms with Gasteiger partial charge in [-0.2, -0.15) is 0 Å². The normalized spacial score (nSPS) is 19.4. The second kappa shape index (κ2) is 31.9. The highest BCUT2D eigenvalue weighted by atomic mass is 16.2. The molecule has 0 saturated carbocycles. The molecular formula is C40H80N10O8. The van der Waals surface area contributed by atoms with Gasteiger partial charge < -0.3 is 19.6 Å². The topological polar surface area (TPSA) is 169 Å². The lowest BCUT2D eigenvalue weighted by Crippen LogP contribution is -2.52. The third-order valence-electron chi connectivity index (χ3n) is 9.42. The second-order valence-corrected chi connectivity index (χ2v) is 13.4. The first-order chi connectivity index (χ1) is 26.9. The van der Waals surface area contributed by atoms with E-state index in [1.807, 2.05) is 72.4 Å². The molecule has 5 saturated heterocycles. The molecule has 5 aliphatic heterocycles. The summed E-state index contributed by atoms with van der Waals surface area (Å²) in [6.45, 7) is 29.2. The molecule has 5 aliphatic rings. The molecule has 0 aliphatic carbocycles. The van der Waals surface area contributed by atoms with Gasteiger partial charge in [0.1, 0.15) is 0 Å². The second-order valence-electron chi connectivity index (χ2n) is 13.4. The van der Waals surface area contributed by atoms with Crippen molar-refractivity contribution >= 4 is 47.3 Å². The molecule has 5 heterocycles. The summed E-state index contributed by atoms with van der Waals surface area (Å²) >= 11 is 0. The molecule has 0 aromatic heterocycles. The molecule has 18 heteroatoms. The number of amides is 8. The van der Waals surface area contributed by atoms with Crippen LogP contribution >= 0.6 is 0 Å². The Morgan fingerprint density at radius 3 is 1.22 bits per heavy atom. The van der Waals surface area contributed by atoms with E-state index in [9.17, 15) is 38.4 Å². The number of nitrogens with zero attached hydrogens (tertiary/aromatic N) is 10. The van der Waals surface area contributed by atoms with Crippen LogP contribution < -0.4 is 0 Å². The molecule has 0 aromatic carbocycles. The molecule has 0 unspecified atom stereocenters. The molecule has 58 heavy (non-hydrogen) atoms. The summed E-state index contributed by atoms with van der Waals surface area (Å²) < 4.78 is 0. The molecule has 0 spiro atoms. The van der Waals surface area contributed by atoms with Crippen molar-refractivity contribution in [2.24, 2.45) is 0 Å². The summed E-state index contributed by atoms with van der Waals surface area (Å²) in [4.78, 5) is 106. The molecular weight excluding hydrogens is 749 g/mol. The van der Waals surface area contributed by atoms with Crippen molar-refractivity contribution in [1.29, 1.82) is 0 Å². The monoisotopic (exact) mass is 829 g/mol. The van der Waals surface area contributed by atoms with Crippen LogP contribution in [0, 0.1) is 0 Å². The average Bonchev–Trinajstić information content (AvgIpc) is 3.19. The first-order valence-corrected chi connectivity index (χ1v) is 20.4. The number of piperazine rings is 5. The Morgan fingerprint density at radius 2 is 0.810 bits per heavy atom. The minimum atomic E-state index is -0.391. The highest BCUT2D eigenvalue weighted by molar-refractivity contribution is 6.35. The van der Waals surface area contributed by atoms with Crippen LogP contribution in [0.4, 0.5) is 0 Å². The standard InChI is InChI=1S/3C7H12N2O2.2C7H14N2O.2C2H6.CH4/c1-3-9-4-6(10)8(2)7(11)5-9;1-3-9-6(10)4-8(2)5-7(9)11;1-3-9-5-4-8(2)6(10)7(9)11;1-3-9-5-4-8(2)7(10)6-9;1-3-9-5-4-8(2)6-7(9)10;2*1-2;/h3*3-5H2,1-2H3;2*3-6H2,1-2H3;2*1-2H3;1H4. The third-order valence-corrected chi connectivity index (χ3v) is 9.42.